The number of amides is 2. The molecule has 3 aromatic carbocycles. The monoisotopic (exact) mass is 548 g/mol. The van der Waals surface area contributed by atoms with Crippen LogP contribution in [-0.4, -0.2) is 42.6 Å². The number of nitrogens with one attached hydrogen (secondary N) is 2. The van der Waals surface area contributed by atoms with Crippen LogP contribution in [0.1, 0.15) is 42.5 Å². The molecule has 3 aromatic rings. The number of hydrogen-bond donors (Lipinski definition) is 6. The maximum absolute atomic E-state index is 13.3. The van der Waals surface area contributed by atoms with E-state index in [1.165, 1.54) is 12.1 Å². The minimum atomic E-state index is -0.420. The number of phenolic OH excluding ortho intramolecular Hbond substituents is 1. The van der Waals surface area contributed by atoms with Crippen LogP contribution in [0.3, 0.4) is 0 Å². The number of ether oxygens (including phenoxy) is 2. The van der Waals surface area contributed by atoms with Gasteiger partial charge in [0.2, 0.25) is 5.91 Å². The topological polar surface area (TPSA) is 187 Å². The quantitative estimate of drug-likeness (QED) is 0.0935. The van der Waals surface area contributed by atoms with Gasteiger partial charge >= 0.3 is 0 Å². The number of nitrogens with two attached hydrogens (primary N) is 3. The Morgan fingerprint density at radius 2 is 1.50 bits per heavy atom. The second-order valence-corrected chi connectivity index (χ2v) is 8.94. The van der Waals surface area contributed by atoms with Crippen molar-refractivity contribution in [3.05, 3.63) is 72.3 Å². The van der Waals surface area contributed by atoms with Crippen LogP contribution in [0.15, 0.2) is 71.7 Å². The maximum atomic E-state index is 13.3. The van der Waals surface area contributed by atoms with Gasteiger partial charge in [0.05, 0.1) is 17.9 Å². The third-order valence-electron chi connectivity index (χ3n) is 5.67. The smallest absolute Gasteiger partial charge is 0.257 e. The molecule has 0 fully saturated rings. The van der Waals surface area contributed by atoms with Crippen molar-refractivity contribution in [3.63, 3.8) is 0 Å². The van der Waals surface area contributed by atoms with Crippen LogP contribution >= 0.6 is 0 Å². The second-order valence-electron chi connectivity index (χ2n) is 8.94. The van der Waals surface area contributed by atoms with Gasteiger partial charge in [0.15, 0.2) is 5.96 Å². The summed E-state index contributed by atoms with van der Waals surface area (Å²) in [6.07, 6.45) is 3.33. The lowest BCUT2D eigenvalue weighted by molar-refractivity contribution is -0.116. The highest BCUT2D eigenvalue weighted by molar-refractivity contribution is 6.10. The van der Waals surface area contributed by atoms with E-state index in [4.69, 9.17) is 26.7 Å². The van der Waals surface area contributed by atoms with Crippen LogP contribution in [0.25, 0.3) is 0 Å². The zero-order valence-electron chi connectivity index (χ0n) is 22.3. The number of aromatic hydroxyl groups is 1. The molecule has 9 N–H and O–H groups in total. The maximum Gasteiger partial charge on any atom is 0.257 e. The van der Waals surface area contributed by atoms with Crippen LogP contribution in [0, 0.1) is 0 Å². The predicted octanol–water partition coefficient (Wildman–Crippen LogP) is 3.94. The number of benzene rings is 3. The molecule has 0 aliphatic rings. The molecule has 0 aliphatic heterocycles. The van der Waals surface area contributed by atoms with Gasteiger partial charge in [-0.25, -0.2) is 0 Å². The van der Waals surface area contributed by atoms with Crippen molar-refractivity contribution in [2.75, 3.05) is 30.3 Å². The molecule has 0 saturated carbocycles. The van der Waals surface area contributed by atoms with Crippen LogP contribution in [0.2, 0.25) is 0 Å². The van der Waals surface area contributed by atoms with E-state index in [0.29, 0.717) is 67.6 Å². The van der Waals surface area contributed by atoms with E-state index in [-0.39, 0.29) is 23.2 Å². The summed E-state index contributed by atoms with van der Waals surface area (Å²) >= 11 is 0. The van der Waals surface area contributed by atoms with Crippen molar-refractivity contribution < 1.29 is 24.2 Å². The number of anilines is 2. The third-order valence-corrected chi connectivity index (χ3v) is 5.67. The zero-order valence-corrected chi connectivity index (χ0v) is 22.3. The van der Waals surface area contributed by atoms with Gasteiger partial charge in [0.1, 0.15) is 23.0 Å². The van der Waals surface area contributed by atoms with Crippen molar-refractivity contribution >= 4 is 29.1 Å². The van der Waals surface area contributed by atoms with Crippen molar-refractivity contribution in [2.45, 2.75) is 32.1 Å². The first-order chi connectivity index (χ1) is 19.3. The standard InChI is InChI=1S/C29H36N6O5/c30-16-3-1-2-5-27(37)35-26-15-14-24(39-18-4-17-33-29(31)32)19-25(26)28(38)34-20-6-10-22(11-7-20)40-23-12-8-21(36)9-13-23/h6-15,19,36H,1-5,16-18,30H2,(H,34,38)(H,35,37)(H4,31,32,33). The van der Waals surface area contributed by atoms with Crippen molar-refractivity contribution in [2.24, 2.45) is 22.2 Å². The van der Waals surface area contributed by atoms with Gasteiger partial charge in [-0.1, -0.05) is 6.42 Å². The molecule has 0 aliphatic carbocycles. The molecular formula is C29H36N6O5. The van der Waals surface area contributed by atoms with E-state index in [9.17, 15) is 14.7 Å². The molecule has 0 spiro atoms. The van der Waals surface area contributed by atoms with E-state index in [2.05, 4.69) is 15.6 Å². The minimum Gasteiger partial charge on any atom is -0.508 e. The van der Waals surface area contributed by atoms with E-state index < -0.39 is 5.91 Å². The molecule has 0 radical (unpaired) electrons. The summed E-state index contributed by atoms with van der Waals surface area (Å²) in [7, 11) is 0. The number of rotatable bonds is 15. The number of unbranched alkanes of at least 4 members (excludes halogenated alkanes) is 2. The Labute approximate surface area is 233 Å². The Morgan fingerprint density at radius 3 is 2.17 bits per heavy atom. The molecule has 40 heavy (non-hydrogen) atoms. The molecule has 0 unspecified atom stereocenters. The molecule has 2 amide bonds. The fourth-order valence-electron chi connectivity index (χ4n) is 3.65. The lowest BCUT2D eigenvalue weighted by Gasteiger charge is -2.14. The molecule has 11 heteroatoms. The minimum absolute atomic E-state index is 0.0158. The molecule has 11 nitrogen and oxygen atoms in total. The summed E-state index contributed by atoms with van der Waals surface area (Å²) in [5, 5.41) is 15.1. The van der Waals surface area contributed by atoms with E-state index in [1.807, 2.05) is 0 Å². The fourth-order valence-corrected chi connectivity index (χ4v) is 3.65. The lowest BCUT2D eigenvalue weighted by atomic mass is 10.1. The number of carbonyl (C=O) groups excluding carboxylic acids is 2. The molecule has 0 saturated heterocycles. The molecular weight excluding hydrogens is 512 g/mol. The Bertz CT molecular complexity index is 1280. The largest absolute Gasteiger partial charge is 0.508 e. The normalized spacial score (nSPS) is 10.4. The van der Waals surface area contributed by atoms with Gasteiger partial charge in [-0.15, -0.1) is 0 Å². The van der Waals surface area contributed by atoms with Crippen molar-refractivity contribution in [1.82, 2.24) is 0 Å². The van der Waals surface area contributed by atoms with Crippen LogP contribution in [0.5, 0.6) is 23.0 Å². The summed E-state index contributed by atoms with van der Waals surface area (Å²) in [5.74, 6) is 1.14. The highest BCUT2D eigenvalue weighted by Gasteiger charge is 2.16. The first-order valence-electron chi connectivity index (χ1n) is 13.0. The number of nitrogens with zero attached hydrogens (tertiary/aromatic N) is 1. The third kappa shape index (κ3) is 10.2. The Kier molecular flexibility index (Phi) is 11.6. The summed E-state index contributed by atoms with van der Waals surface area (Å²) in [6.45, 7) is 1.34. The second kappa shape index (κ2) is 15.6. The molecule has 0 heterocycles. The highest BCUT2D eigenvalue weighted by Crippen LogP contribution is 2.27. The summed E-state index contributed by atoms with van der Waals surface area (Å²) in [4.78, 5) is 29.7. The average Bonchev–Trinajstić information content (AvgIpc) is 2.93. The van der Waals surface area contributed by atoms with E-state index in [1.54, 1.807) is 54.6 Å². The first-order valence-corrected chi connectivity index (χ1v) is 13.0. The van der Waals surface area contributed by atoms with Gasteiger partial charge in [-0.05, 0) is 86.1 Å². The van der Waals surface area contributed by atoms with Crippen molar-refractivity contribution in [1.29, 1.82) is 0 Å². The van der Waals surface area contributed by atoms with Crippen molar-refractivity contribution in [3.8, 4) is 23.0 Å². The Hall–Kier alpha value is -4.77. The molecule has 0 aromatic heterocycles. The lowest BCUT2D eigenvalue weighted by Crippen LogP contribution is -2.23. The van der Waals surface area contributed by atoms with Gasteiger partial charge in [0.25, 0.3) is 5.91 Å². The number of phenols is 1. The SMILES string of the molecule is NCCCCCC(=O)Nc1ccc(OCCCN=C(N)N)cc1C(=O)Nc1ccc(Oc2ccc(O)cc2)cc1. The molecule has 212 valence electrons. The molecule has 3 rings (SSSR count). The van der Waals surface area contributed by atoms with Gasteiger partial charge < -0.3 is 42.4 Å². The van der Waals surface area contributed by atoms with Gasteiger partial charge in [-0.3, -0.25) is 14.6 Å². The Morgan fingerprint density at radius 1 is 0.825 bits per heavy atom. The first kappa shape index (κ1) is 29.8. The fraction of sp³-hybridized carbons (Fsp3) is 0.276. The number of hydrogen-bond acceptors (Lipinski definition) is 7. The average molecular weight is 549 g/mol. The summed E-state index contributed by atoms with van der Waals surface area (Å²) in [6, 6.07) is 18.1. The van der Waals surface area contributed by atoms with E-state index in [0.717, 1.165) is 12.8 Å². The van der Waals surface area contributed by atoms with Crippen LogP contribution in [0.4, 0.5) is 11.4 Å². The zero-order chi connectivity index (χ0) is 28.7. The summed E-state index contributed by atoms with van der Waals surface area (Å²) < 4.78 is 11.5. The molecule has 0 atom stereocenters. The number of guanidine groups is 1. The number of aliphatic imine (C=N–C) groups is 1. The highest BCUT2D eigenvalue weighted by atomic mass is 16.5. The van der Waals surface area contributed by atoms with Crippen LogP contribution < -0.4 is 37.3 Å². The number of carbonyl (C=O) groups is 2. The predicted molar refractivity (Wildman–Crippen MR) is 156 cm³/mol. The summed E-state index contributed by atoms with van der Waals surface area (Å²) in [5.41, 5.74) is 17.4. The van der Waals surface area contributed by atoms with Crippen LogP contribution in [-0.2, 0) is 4.79 Å². The van der Waals surface area contributed by atoms with Gasteiger partial charge in [-0.2, -0.15) is 0 Å². The van der Waals surface area contributed by atoms with E-state index >= 15 is 0 Å². The molecule has 0 bridgehead atoms. The van der Waals surface area contributed by atoms with Gasteiger partial charge in [0, 0.05) is 25.1 Å². The Balaban J connectivity index is 1.69.